The minimum atomic E-state index is -4.50. The lowest BCUT2D eigenvalue weighted by molar-refractivity contribution is -0.186. The summed E-state index contributed by atoms with van der Waals surface area (Å²) in [6.45, 7) is 4.02. The molecule has 0 aliphatic carbocycles. The predicted molar refractivity (Wildman–Crippen MR) is 141 cm³/mol. The van der Waals surface area contributed by atoms with Crippen molar-refractivity contribution in [1.82, 2.24) is 20.8 Å². The van der Waals surface area contributed by atoms with Crippen LogP contribution in [0.5, 0.6) is 5.75 Å². The third-order valence-corrected chi connectivity index (χ3v) is 7.19. The molecule has 1 saturated heterocycles. The van der Waals surface area contributed by atoms with Gasteiger partial charge in [0.05, 0.1) is 11.8 Å². The molecular formula is C28H27F3N5O4-. The van der Waals surface area contributed by atoms with E-state index in [-0.39, 0.29) is 22.4 Å². The van der Waals surface area contributed by atoms with Gasteiger partial charge in [-0.25, -0.2) is 5.43 Å². The van der Waals surface area contributed by atoms with Crippen molar-refractivity contribution in [3.8, 4) is 5.75 Å². The van der Waals surface area contributed by atoms with E-state index in [1.165, 1.54) is 30.5 Å². The van der Waals surface area contributed by atoms with Crippen molar-refractivity contribution in [1.29, 1.82) is 0 Å². The topological polar surface area (TPSA) is 94.6 Å². The average molecular weight is 555 g/mol. The number of nitrogens with zero attached hydrogens (tertiary/aromatic N) is 4. The first-order chi connectivity index (χ1) is 19.1. The normalized spacial score (nSPS) is 18.2. The molecule has 0 aromatic heterocycles. The molecule has 2 aliphatic rings. The third kappa shape index (κ3) is 5.41. The van der Waals surface area contributed by atoms with Gasteiger partial charge in [-0.1, -0.05) is 47.8 Å². The molecule has 1 fully saturated rings. The number of phenolic OH excluding ortho intramolecular Hbond substituents is 1. The molecule has 1 unspecified atom stereocenters. The molecule has 40 heavy (non-hydrogen) atoms. The Morgan fingerprint density at radius 3 is 2.23 bits per heavy atom. The molecular weight excluding hydrogens is 527 g/mol. The van der Waals surface area contributed by atoms with Crippen LogP contribution in [0.25, 0.3) is 5.76 Å². The largest absolute Gasteiger partial charge is 0.732 e. The van der Waals surface area contributed by atoms with Gasteiger partial charge >= 0.3 is 6.18 Å². The van der Waals surface area contributed by atoms with E-state index in [0.29, 0.717) is 31.7 Å². The molecule has 2 N–H and O–H groups in total. The number of carbonyl (C=O) groups is 1. The van der Waals surface area contributed by atoms with Crippen molar-refractivity contribution < 1.29 is 27.9 Å². The van der Waals surface area contributed by atoms with Gasteiger partial charge in [-0.05, 0) is 48.9 Å². The van der Waals surface area contributed by atoms with Crippen LogP contribution in [0.1, 0.15) is 23.6 Å². The third-order valence-electron chi connectivity index (χ3n) is 7.19. The number of hydrogen-bond donors (Lipinski definition) is 2. The maximum absolute atomic E-state index is 13.9. The van der Waals surface area contributed by atoms with Gasteiger partial charge in [-0.2, -0.15) is 18.3 Å². The van der Waals surface area contributed by atoms with Crippen LogP contribution < -0.4 is 10.3 Å². The maximum Gasteiger partial charge on any atom is 0.416 e. The van der Waals surface area contributed by atoms with Crippen LogP contribution in [0.3, 0.4) is 0 Å². The van der Waals surface area contributed by atoms with Crippen LogP contribution >= 0.6 is 0 Å². The highest BCUT2D eigenvalue weighted by Gasteiger charge is 2.44. The Kier molecular flexibility index (Phi) is 7.32. The second-order valence-corrected chi connectivity index (χ2v) is 9.62. The number of amides is 1. The zero-order valence-electron chi connectivity index (χ0n) is 21.5. The molecule has 12 heteroatoms. The maximum atomic E-state index is 13.9. The monoisotopic (exact) mass is 554 g/mol. The number of rotatable bonds is 6. The first-order valence-electron chi connectivity index (χ1n) is 12.5. The zero-order valence-corrected chi connectivity index (χ0v) is 21.5. The van der Waals surface area contributed by atoms with E-state index in [0.717, 1.165) is 22.9 Å². The van der Waals surface area contributed by atoms with E-state index in [2.05, 4.69) is 10.3 Å². The summed E-state index contributed by atoms with van der Waals surface area (Å²) in [6, 6.07) is 20.4. The van der Waals surface area contributed by atoms with E-state index >= 15 is 0 Å². The van der Waals surface area contributed by atoms with Gasteiger partial charge in [0, 0.05) is 37.4 Å². The molecule has 0 saturated carbocycles. The zero-order chi connectivity index (χ0) is 28.5. The lowest BCUT2D eigenvalue weighted by atomic mass is 9.88. The number of para-hydroxylation sites is 1. The summed E-state index contributed by atoms with van der Waals surface area (Å²) < 4.78 is 38.8. The van der Waals surface area contributed by atoms with Crippen LogP contribution in [-0.4, -0.2) is 52.5 Å². The molecule has 1 amide bonds. The molecule has 0 radical (unpaired) electrons. The van der Waals surface area contributed by atoms with Crippen molar-refractivity contribution in [2.45, 2.75) is 18.6 Å². The summed E-state index contributed by atoms with van der Waals surface area (Å²) in [5.74, 6) is -0.626. The van der Waals surface area contributed by atoms with Crippen molar-refractivity contribution in [3.05, 3.63) is 107 Å². The summed E-state index contributed by atoms with van der Waals surface area (Å²) in [7, 11) is 0. The molecule has 3 aromatic carbocycles. The lowest BCUT2D eigenvalue weighted by Gasteiger charge is -2.46. The molecule has 9 nitrogen and oxygen atoms in total. The number of phenols is 1. The lowest BCUT2D eigenvalue weighted by Crippen LogP contribution is -2.62. The number of nitrogens with one attached hydrogen (secondary N) is 1. The number of carbonyl (C=O) groups excluding carboxylic acids is 1. The molecule has 3 aromatic rings. The second kappa shape index (κ2) is 10.7. The van der Waals surface area contributed by atoms with Crippen molar-refractivity contribution in [2.24, 2.45) is 0 Å². The van der Waals surface area contributed by atoms with Crippen LogP contribution in [0.2, 0.25) is 0 Å². The average Bonchev–Trinajstić information content (AvgIpc) is 3.32. The van der Waals surface area contributed by atoms with E-state index in [4.69, 9.17) is 4.84 Å². The Morgan fingerprint density at radius 2 is 1.60 bits per heavy atom. The summed E-state index contributed by atoms with van der Waals surface area (Å²) in [4.78, 5) is 23.2. The molecule has 210 valence electrons. The van der Waals surface area contributed by atoms with Crippen LogP contribution in [-0.2, 0) is 21.3 Å². The Morgan fingerprint density at radius 1 is 0.925 bits per heavy atom. The number of halogens is 3. The second-order valence-electron chi connectivity index (χ2n) is 9.62. The quantitative estimate of drug-likeness (QED) is 0.462. The SMILES string of the molecule is CC(C(=O)NN1C=C(c2ccc(C(F)(F)F)cc2)ON1[O-])(c1cccc(O)c1)N1CCN(c2ccccc2)CC1. The molecule has 1 atom stereocenters. The Bertz CT molecular complexity index is 1380. The summed E-state index contributed by atoms with van der Waals surface area (Å²) in [6.07, 6.45) is -3.32. The molecule has 5 rings (SSSR count). The number of benzene rings is 3. The van der Waals surface area contributed by atoms with Crippen LogP contribution in [0.15, 0.2) is 85.1 Å². The van der Waals surface area contributed by atoms with Gasteiger partial charge in [0.15, 0.2) is 5.76 Å². The molecule has 0 bridgehead atoms. The highest BCUT2D eigenvalue weighted by molar-refractivity contribution is 5.87. The number of alkyl halides is 3. The minimum Gasteiger partial charge on any atom is -0.732 e. The number of hydrogen-bond acceptors (Lipinski definition) is 8. The number of aromatic hydroxyl groups is 1. The number of piperazine rings is 1. The first kappa shape index (κ1) is 27.3. The van der Waals surface area contributed by atoms with Crippen LogP contribution in [0, 0.1) is 5.21 Å². The fraction of sp³-hybridized carbons (Fsp3) is 0.250. The van der Waals surface area contributed by atoms with Crippen molar-refractivity contribution in [2.75, 3.05) is 31.1 Å². The van der Waals surface area contributed by atoms with E-state index in [1.54, 1.807) is 19.1 Å². The summed E-state index contributed by atoms with van der Waals surface area (Å²) >= 11 is 0. The fourth-order valence-corrected chi connectivity index (χ4v) is 4.86. The van der Waals surface area contributed by atoms with E-state index in [1.807, 2.05) is 35.2 Å². The van der Waals surface area contributed by atoms with Gasteiger partial charge in [-0.3, -0.25) is 9.69 Å². The highest BCUT2D eigenvalue weighted by atomic mass is 19.4. The number of anilines is 1. The summed E-state index contributed by atoms with van der Waals surface area (Å²) in [5.41, 5.74) is 2.22. The van der Waals surface area contributed by atoms with Crippen molar-refractivity contribution >= 4 is 17.4 Å². The Labute approximate surface area is 228 Å². The Hall–Kier alpha value is -4.26. The summed E-state index contributed by atoms with van der Waals surface area (Å²) in [5, 5.41) is 23.5. The smallest absolute Gasteiger partial charge is 0.416 e. The standard InChI is InChI=1S/C28H27F3N5O4/c1-27(22-6-5-9-24(37)18-22,34-16-14-33(15-17-34)23-7-3-2-4-8-23)26(38)32-35-19-25(40-36(35)39)20-10-12-21(13-11-20)28(29,30)31/h2-13,18-19,37H,14-17H2,1H3,(H,32,38)/q-1. The van der Waals surface area contributed by atoms with Gasteiger partial charge in [0.25, 0.3) is 5.91 Å². The fourth-order valence-electron chi connectivity index (χ4n) is 4.86. The Balaban J connectivity index is 1.37. The molecule has 2 aliphatic heterocycles. The van der Waals surface area contributed by atoms with Gasteiger partial charge < -0.3 is 20.1 Å². The van der Waals surface area contributed by atoms with Gasteiger partial charge in [-0.15, -0.1) is 0 Å². The van der Waals surface area contributed by atoms with E-state index in [9.17, 15) is 28.3 Å². The molecule has 2 heterocycles. The van der Waals surface area contributed by atoms with Crippen molar-refractivity contribution in [3.63, 3.8) is 0 Å². The predicted octanol–water partition coefficient (Wildman–Crippen LogP) is 4.44. The van der Waals surface area contributed by atoms with Gasteiger partial charge in [0.2, 0.25) is 0 Å². The van der Waals surface area contributed by atoms with Gasteiger partial charge in [0.1, 0.15) is 11.3 Å². The minimum absolute atomic E-state index is 0.0149. The first-order valence-corrected chi connectivity index (χ1v) is 12.5. The number of hydrazine groups is 2. The molecule has 0 spiro atoms. The van der Waals surface area contributed by atoms with Crippen LogP contribution in [0.4, 0.5) is 18.9 Å². The van der Waals surface area contributed by atoms with E-state index < -0.39 is 23.2 Å². The highest BCUT2D eigenvalue weighted by Crippen LogP contribution is 2.34.